The van der Waals surface area contributed by atoms with Crippen molar-refractivity contribution in [3.8, 4) is 0 Å². The average molecular weight is 579 g/mol. The second kappa shape index (κ2) is 11.0. The highest BCUT2D eigenvalue weighted by atomic mass is 16.2. The minimum Gasteiger partial charge on any atom is -0.294 e. The van der Waals surface area contributed by atoms with E-state index in [1.165, 1.54) is 35.9 Å². The minimum absolute atomic E-state index is 0.0335. The van der Waals surface area contributed by atoms with E-state index in [2.05, 4.69) is 45.9 Å². The molecule has 0 aromatic heterocycles. The molecule has 2 atom stereocenters. The zero-order valence-electron chi connectivity index (χ0n) is 25.7. The SMILES string of the molecule is Cc1ccc2c(c1)C(C)(C)CC2(C)c1ccc(N(C=O)C(=O)CCCC(C)C(=O)c2ccc3c(c2)C(=O)N(C)C3=O)cc1. The van der Waals surface area contributed by atoms with E-state index < -0.39 is 11.8 Å². The van der Waals surface area contributed by atoms with Crippen molar-refractivity contribution in [1.82, 2.24) is 4.90 Å². The summed E-state index contributed by atoms with van der Waals surface area (Å²) in [4.78, 5) is 64.7. The Labute approximate surface area is 252 Å². The van der Waals surface area contributed by atoms with Crippen molar-refractivity contribution in [2.75, 3.05) is 11.9 Å². The number of carbonyl (C=O) groups excluding carboxylic acids is 5. The van der Waals surface area contributed by atoms with Crippen LogP contribution in [-0.4, -0.2) is 41.9 Å². The van der Waals surface area contributed by atoms with Gasteiger partial charge in [-0.15, -0.1) is 0 Å². The maximum Gasteiger partial charge on any atom is 0.261 e. The van der Waals surface area contributed by atoms with Crippen molar-refractivity contribution < 1.29 is 24.0 Å². The van der Waals surface area contributed by atoms with Crippen molar-refractivity contribution in [3.63, 3.8) is 0 Å². The molecule has 1 aliphatic heterocycles. The first-order chi connectivity index (χ1) is 20.3. The monoisotopic (exact) mass is 578 g/mol. The minimum atomic E-state index is -0.420. The van der Waals surface area contributed by atoms with E-state index in [1.807, 2.05) is 24.3 Å². The van der Waals surface area contributed by atoms with Gasteiger partial charge in [0, 0.05) is 30.4 Å². The first-order valence-electron chi connectivity index (χ1n) is 14.8. The standard InChI is InChI=1S/C36H38N2O5/c1-22-10-17-29-30(18-22)35(3,4)20-36(29,5)25-12-14-26(15-13-25)38(21-39)31(40)9-7-8-23(2)32(41)24-11-16-27-28(19-24)34(43)37(6)33(27)42/h10-19,21,23H,7-9,20H2,1-6H3. The molecule has 1 aliphatic carbocycles. The van der Waals surface area contributed by atoms with Gasteiger partial charge in [0.2, 0.25) is 12.3 Å². The molecule has 0 N–H and O–H groups in total. The fourth-order valence-corrected chi connectivity index (χ4v) is 6.89. The van der Waals surface area contributed by atoms with Crippen LogP contribution in [0.5, 0.6) is 0 Å². The Morgan fingerprint density at radius 3 is 2.28 bits per heavy atom. The third kappa shape index (κ3) is 5.22. The molecule has 0 saturated carbocycles. The quantitative estimate of drug-likeness (QED) is 0.167. The van der Waals surface area contributed by atoms with Crippen molar-refractivity contribution in [2.45, 2.75) is 71.1 Å². The molecule has 2 aliphatic rings. The molecule has 0 bridgehead atoms. The maximum absolute atomic E-state index is 13.0. The summed E-state index contributed by atoms with van der Waals surface area (Å²) in [5.74, 6) is -1.69. The van der Waals surface area contributed by atoms with Gasteiger partial charge in [-0.1, -0.05) is 69.7 Å². The Bertz CT molecular complexity index is 1650. The van der Waals surface area contributed by atoms with Gasteiger partial charge in [0.05, 0.1) is 16.8 Å². The van der Waals surface area contributed by atoms with E-state index in [0.717, 1.165) is 21.8 Å². The fourth-order valence-electron chi connectivity index (χ4n) is 6.89. The van der Waals surface area contributed by atoms with Crippen LogP contribution < -0.4 is 4.90 Å². The smallest absolute Gasteiger partial charge is 0.261 e. The van der Waals surface area contributed by atoms with E-state index in [9.17, 15) is 24.0 Å². The van der Waals surface area contributed by atoms with Crippen molar-refractivity contribution in [1.29, 1.82) is 0 Å². The topological polar surface area (TPSA) is 91.8 Å². The van der Waals surface area contributed by atoms with E-state index in [-0.39, 0.29) is 40.4 Å². The molecule has 0 saturated heterocycles. The average Bonchev–Trinajstić information content (AvgIpc) is 3.33. The number of hydrogen-bond donors (Lipinski definition) is 0. The molecule has 7 nitrogen and oxygen atoms in total. The van der Waals surface area contributed by atoms with Crippen LogP contribution in [0.4, 0.5) is 5.69 Å². The Balaban J connectivity index is 1.22. The molecule has 0 fully saturated rings. The summed E-state index contributed by atoms with van der Waals surface area (Å²) < 4.78 is 0. The first-order valence-corrected chi connectivity index (χ1v) is 14.8. The molecular formula is C36H38N2O5. The van der Waals surface area contributed by atoms with E-state index >= 15 is 0 Å². The van der Waals surface area contributed by atoms with Gasteiger partial charge in [-0.2, -0.15) is 0 Å². The van der Waals surface area contributed by atoms with Crippen molar-refractivity contribution in [3.05, 3.63) is 99.6 Å². The van der Waals surface area contributed by atoms with Crippen LogP contribution in [-0.2, 0) is 20.4 Å². The zero-order valence-corrected chi connectivity index (χ0v) is 25.7. The number of amides is 4. The predicted molar refractivity (Wildman–Crippen MR) is 165 cm³/mol. The lowest BCUT2D eigenvalue weighted by atomic mass is 9.75. The Hall–Kier alpha value is -4.39. The fraction of sp³-hybridized carbons (Fsp3) is 0.361. The predicted octanol–water partition coefficient (Wildman–Crippen LogP) is 6.39. The van der Waals surface area contributed by atoms with E-state index in [4.69, 9.17) is 0 Å². The van der Waals surface area contributed by atoms with Crippen LogP contribution in [0.15, 0.2) is 60.7 Å². The highest BCUT2D eigenvalue weighted by molar-refractivity contribution is 6.22. The number of benzene rings is 3. The molecule has 3 aromatic rings. The number of aryl methyl sites for hydroxylation is 1. The second-order valence-electron chi connectivity index (χ2n) is 12.9. The van der Waals surface area contributed by atoms with Crippen LogP contribution in [0, 0.1) is 12.8 Å². The number of ketones is 1. The summed E-state index contributed by atoms with van der Waals surface area (Å²) in [5, 5.41) is 0. The van der Waals surface area contributed by atoms with Gasteiger partial charge < -0.3 is 0 Å². The number of rotatable bonds is 9. The highest BCUT2D eigenvalue weighted by Gasteiger charge is 2.45. The van der Waals surface area contributed by atoms with Gasteiger partial charge in [0.15, 0.2) is 5.78 Å². The summed E-state index contributed by atoms with van der Waals surface area (Å²) in [6.07, 6.45) is 2.47. The van der Waals surface area contributed by atoms with Crippen molar-refractivity contribution >= 4 is 35.6 Å². The third-order valence-electron chi connectivity index (χ3n) is 9.30. The van der Waals surface area contributed by atoms with Gasteiger partial charge in [0.1, 0.15) is 0 Å². The maximum atomic E-state index is 13.0. The van der Waals surface area contributed by atoms with Gasteiger partial charge in [-0.3, -0.25) is 33.8 Å². The molecule has 4 amide bonds. The highest BCUT2D eigenvalue weighted by Crippen LogP contribution is 2.53. The lowest BCUT2D eigenvalue weighted by molar-refractivity contribution is -0.122. The Morgan fingerprint density at radius 2 is 1.60 bits per heavy atom. The van der Waals surface area contributed by atoms with Crippen LogP contribution in [0.2, 0.25) is 0 Å². The number of hydrogen-bond acceptors (Lipinski definition) is 5. The third-order valence-corrected chi connectivity index (χ3v) is 9.30. The molecule has 0 spiro atoms. The Morgan fingerprint density at radius 1 is 0.930 bits per heavy atom. The summed E-state index contributed by atoms with van der Waals surface area (Å²) in [6, 6.07) is 18.9. The molecule has 43 heavy (non-hydrogen) atoms. The molecule has 5 rings (SSSR count). The summed E-state index contributed by atoms with van der Waals surface area (Å²) >= 11 is 0. The van der Waals surface area contributed by atoms with Crippen LogP contribution >= 0.6 is 0 Å². The van der Waals surface area contributed by atoms with E-state index in [0.29, 0.717) is 36.1 Å². The molecule has 222 valence electrons. The van der Waals surface area contributed by atoms with Crippen molar-refractivity contribution in [2.24, 2.45) is 5.92 Å². The first kappa shape index (κ1) is 30.1. The number of anilines is 1. The number of carbonyl (C=O) groups is 5. The normalized spacial score (nSPS) is 19.2. The second-order valence-corrected chi connectivity index (χ2v) is 12.9. The van der Waals surface area contributed by atoms with Gasteiger partial charge in [0.25, 0.3) is 11.8 Å². The molecule has 0 radical (unpaired) electrons. The number of Topliss-reactive ketones (excluding diaryl/α,β-unsaturated/α-hetero) is 1. The Kier molecular flexibility index (Phi) is 7.71. The zero-order chi connectivity index (χ0) is 31.3. The van der Waals surface area contributed by atoms with Crippen LogP contribution in [0.25, 0.3) is 0 Å². The lowest BCUT2D eigenvalue weighted by Gasteiger charge is -2.29. The van der Waals surface area contributed by atoms with Crippen LogP contribution in [0.1, 0.15) is 107 Å². The van der Waals surface area contributed by atoms with E-state index in [1.54, 1.807) is 13.0 Å². The number of nitrogens with zero attached hydrogens (tertiary/aromatic N) is 2. The van der Waals surface area contributed by atoms with Gasteiger partial charge in [-0.25, -0.2) is 0 Å². The molecule has 2 unspecified atom stereocenters. The molecule has 3 aromatic carbocycles. The lowest BCUT2D eigenvalue weighted by Crippen LogP contribution is -2.29. The molecule has 1 heterocycles. The van der Waals surface area contributed by atoms with Gasteiger partial charge >= 0.3 is 0 Å². The molecule has 7 heteroatoms. The summed E-state index contributed by atoms with van der Waals surface area (Å²) in [5.41, 5.74) is 6.33. The number of fused-ring (bicyclic) bond motifs is 2. The molecular weight excluding hydrogens is 540 g/mol. The largest absolute Gasteiger partial charge is 0.294 e. The van der Waals surface area contributed by atoms with Gasteiger partial charge in [-0.05, 0) is 72.6 Å². The van der Waals surface area contributed by atoms with Crippen LogP contribution in [0.3, 0.4) is 0 Å². The number of imide groups is 2. The summed E-state index contributed by atoms with van der Waals surface area (Å²) in [6.45, 7) is 10.7. The summed E-state index contributed by atoms with van der Waals surface area (Å²) in [7, 11) is 1.42.